The molecule has 1 fully saturated rings. The van der Waals surface area contributed by atoms with Crippen LogP contribution in [0.2, 0.25) is 0 Å². The molecule has 2 aromatic rings. The maximum absolute atomic E-state index is 12.7. The lowest BCUT2D eigenvalue weighted by Crippen LogP contribution is -2.49. The smallest absolute Gasteiger partial charge is 0.241 e. The highest BCUT2D eigenvalue weighted by Gasteiger charge is 2.22. The van der Waals surface area contributed by atoms with Crippen molar-refractivity contribution in [2.45, 2.75) is 20.4 Å². The van der Waals surface area contributed by atoms with E-state index in [4.69, 9.17) is 4.52 Å². The Bertz CT molecular complexity index is 678. The van der Waals surface area contributed by atoms with Crippen molar-refractivity contribution >= 4 is 11.6 Å². The molecule has 134 valence electrons. The molecular weight excluding hydrogens is 316 g/mol. The van der Waals surface area contributed by atoms with Gasteiger partial charge >= 0.3 is 0 Å². The summed E-state index contributed by atoms with van der Waals surface area (Å²) in [5.41, 5.74) is 1.88. The summed E-state index contributed by atoms with van der Waals surface area (Å²) in [6.45, 7) is 9.55. The molecule has 0 atom stereocenters. The number of carbonyl (C=O) groups is 1. The molecule has 25 heavy (non-hydrogen) atoms. The highest BCUT2D eigenvalue weighted by atomic mass is 16.5. The van der Waals surface area contributed by atoms with Crippen molar-refractivity contribution in [2.24, 2.45) is 0 Å². The lowest BCUT2D eigenvalue weighted by molar-refractivity contribution is -0.120. The van der Waals surface area contributed by atoms with E-state index in [0.29, 0.717) is 13.1 Å². The van der Waals surface area contributed by atoms with Gasteiger partial charge in [0, 0.05) is 44.5 Å². The summed E-state index contributed by atoms with van der Waals surface area (Å²) in [5, 5.41) is 3.93. The Morgan fingerprint density at radius 1 is 1.16 bits per heavy atom. The molecule has 0 aliphatic carbocycles. The van der Waals surface area contributed by atoms with Crippen molar-refractivity contribution in [3.8, 4) is 0 Å². The van der Waals surface area contributed by atoms with Crippen LogP contribution in [0.25, 0.3) is 0 Å². The van der Waals surface area contributed by atoms with Crippen molar-refractivity contribution in [3.05, 3.63) is 47.9 Å². The van der Waals surface area contributed by atoms with Crippen molar-refractivity contribution in [1.82, 2.24) is 15.0 Å². The van der Waals surface area contributed by atoms with E-state index >= 15 is 0 Å². The second-order valence-corrected chi connectivity index (χ2v) is 6.46. The summed E-state index contributed by atoms with van der Waals surface area (Å²) in [5.74, 6) is 1.07. The molecule has 0 saturated carbocycles. The Labute approximate surface area is 149 Å². The molecule has 0 bridgehead atoms. The van der Waals surface area contributed by atoms with E-state index in [1.54, 1.807) is 0 Å². The van der Waals surface area contributed by atoms with Crippen molar-refractivity contribution < 1.29 is 9.32 Å². The van der Waals surface area contributed by atoms with E-state index in [2.05, 4.69) is 15.0 Å². The highest BCUT2D eigenvalue weighted by molar-refractivity contribution is 5.94. The van der Waals surface area contributed by atoms with Gasteiger partial charge < -0.3 is 9.42 Å². The number of amides is 1. The summed E-state index contributed by atoms with van der Waals surface area (Å²) < 4.78 is 5.29. The van der Waals surface area contributed by atoms with Crippen molar-refractivity contribution in [3.63, 3.8) is 0 Å². The second kappa shape index (κ2) is 8.27. The first-order valence-electron chi connectivity index (χ1n) is 8.88. The molecule has 0 radical (unpaired) electrons. The van der Waals surface area contributed by atoms with Crippen LogP contribution in [0.4, 0.5) is 5.69 Å². The van der Waals surface area contributed by atoms with Crippen LogP contribution in [-0.2, 0) is 11.3 Å². The lowest BCUT2D eigenvalue weighted by Gasteiger charge is -2.34. The van der Waals surface area contributed by atoms with Crippen molar-refractivity contribution in [2.75, 3.05) is 44.2 Å². The van der Waals surface area contributed by atoms with Crippen LogP contribution in [0.3, 0.4) is 0 Å². The fourth-order valence-electron chi connectivity index (χ4n) is 3.20. The Kier molecular flexibility index (Phi) is 5.83. The third-order valence-electron chi connectivity index (χ3n) is 4.57. The Morgan fingerprint density at radius 2 is 1.84 bits per heavy atom. The number of aromatic nitrogens is 1. The maximum Gasteiger partial charge on any atom is 0.241 e. The number of hydrogen-bond acceptors (Lipinski definition) is 5. The van der Waals surface area contributed by atoms with E-state index in [1.807, 2.05) is 55.1 Å². The fourth-order valence-corrected chi connectivity index (χ4v) is 3.20. The number of piperazine rings is 1. The summed E-state index contributed by atoms with van der Waals surface area (Å²) in [6, 6.07) is 11.9. The number of carbonyl (C=O) groups excluding carboxylic acids is 1. The van der Waals surface area contributed by atoms with Gasteiger partial charge in [-0.15, -0.1) is 0 Å². The van der Waals surface area contributed by atoms with E-state index in [1.165, 1.54) is 0 Å². The number of hydrogen-bond donors (Lipinski definition) is 0. The number of nitrogens with zero attached hydrogens (tertiary/aromatic N) is 4. The molecule has 3 rings (SSSR count). The second-order valence-electron chi connectivity index (χ2n) is 6.46. The molecule has 2 heterocycles. The molecule has 1 saturated heterocycles. The summed E-state index contributed by atoms with van der Waals surface area (Å²) in [4.78, 5) is 19.1. The SMILES string of the molecule is CCN(C(=O)CN1CCN(Cc2cc(C)no2)CC1)c1ccccc1. The predicted molar refractivity (Wildman–Crippen MR) is 97.4 cm³/mol. The zero-order chi connectivity index (χ0) is 17.6. The first-order chi connectivity index (χ1) is 12.2. The lowest BCUT2D eigenvalue weighted by atomic mass is 10.2. The third-order valence-corrected chi connectivity index (χ3v) is 4.57. The predicted octanol–water partition coefficient (Wildman–Crippen LogP) is 2.15. The number of aryl methyl sites for hydroxylation is 1. The number of anilines is 1. The highest BCUT2D eigenvalue weighted by Crippen LogP contribution is 2.14. The summed E-state index contributed by atoms with van der Waals surface area (Å²) in [6.07, 6.45) is 0. The van der Waals surface area contributed by atoms with E-state index in [9.17, 15) is 4.79 Å². The average Bonchev–Trinajstić information content (AvgIpc) is 3.03. The van der Waals surface area contributed by atoms with Gasteiger partial charge in [0.15, 0.2) is 5.76 Å². The normalized spacial score (nSPS) is 16.1. The number of likely N-dealkylation sites (N-methyl/N-ethyl adjacent to an activating group) is 1. The van der Waals surface area contributed by atoms with E-state index < -0.39 is 0 Å². The minimum Gasteiger partial charge on any atom is -0.360 e. The average molecular weight is 342 g/mol. The molecule has 6 nitrogen and oxygen atoms in total. The van der Waals surface area contributed by atoms with Crippen LogP contribution in [0, 0.1) is 6.92 Å². The van der Waals surface area contributed by atoms with Crippen LogP contribution < -0.4 is 4.90 Å². The monoisotopic (exact) mass is 342 g/mol. The quantitative estimate of drug-likeness (QED) is 0.805. The van der Waals surface area contributed by atoms with Gasteiger partial charge in [-0.1, -0.05) is 23.4 Å². The van der Waals surface area contributed by atoms with Gasteiger partial charge in [-0.05, 0) is 26.0 Å². The molecule has 0 spiro atoms. The van der Waals surface area contributed by atoms with E-state index in [-0.39, 0.29) is 5.91 Å². The minimum atomic E-state index is 0.160. The zero-order valence-corrected chi connectivity index (χ0v) is 15.0. The number of para-hydroxylation sites is 1. The van der Waals surface area contributed by atoms with Crippen molar-refractivity contribution in [1.29, 1.82) is 0 Å². The van der Waals surface area contributed by atoms with Gasteiger partial charge in [-0.2, -0.15) is 0 Å². The Hall–Kier alpha value is -2.18. The largest absolute Gasteiger partial charge is 0.360 e. The molecule has 6 heteroatoms. The number of rotatable bonds is 6. The van der Waals surface area contributed by atoms with Gasteiger partial charge in [0.1, 0.15) is 0 Å². The van der Waals surface area contributed by atoms with Crippen LogP contribution in [0.5, 0.6) is 0 Å². The molecule has 0 unspecified atom stereocenters. The van der Waals surface area contributed by atoms with Gasteiger partial charge in [0.25, 0.3) is 0 Å². The Morgan fingerprint density at radius 3 is 2.44 bits per heavy atom. The summed E-state index contributed by atoms with van der Waals surface area (Å²) >= 11 is 0. The number of benzene rings is 1. The molecule has 1 aliphatic rings. The molecule has 1 aliphatic heterocycles. The Balaban J connectivity index is 1.48. The van der Waals surface area contributed by atoms with Gasteiger partial charge in [-0.3, -0.25) is 14.6 Å². The molecule has 1 amide bonds. The minimum absolute atomic E-state index is 0.160. The van der Waals surface area contributed by atoms with Crippen LogP contribution in [-0.4, -0.2) is 60.1 Å². The van der Waals surface area contributed by atoms with Crippen LogP contribution in [0.15, 0.2) is 40.9 Å². The van der Waals surface area contributed by atoms with Gasteiger partial charge in [0.05, 0.1) is 18.8 Å². The standard InChI is InChI=1S/C19H26N4O2/c1-3-23(17-7-5-4-6-8-17)19(24)15-22-11-9-21(10-12-22)14-18-13-16(2)20-25-18/h4-8,13H,3,9-12,14-15H2,1-2H3. The van der Waals surface area contributed by atoms with Crippen LogP contribution >= 0.6 is 0 Å². The molecule has 1 aromatic carbocycles. The topological polar surface area (TPSA) is 52.8 Å². The first-order valence-corrected chi connectivity index (χ1v) is 8.88. The van der Waals surface area contributed by atoms with Gasteiger partial charge in [0.2, 0.25) is 5.91 Å². The molecule has 0 N–H and O–H groups in total. The summed E-state index contributed by atoms with van der Waals surface area (Å²) in [7, 11) is 0. The van der Waals surface area contributed by atoms with E-state index in [0.717, 1.165) is 49.9 Å². The van der Waals surface area contributed by atoms with Crippen LogP contribution in [0.1, 0.15) is 18.4 Å². The molecule has 1 aromatic heterocycles. The maximum atomic E-state index is 12.7. The third kappa shape index (κ3) is 4.67. The zero-order valence-electron chi connectivity index (χ0n) is 15.0. The fraction of sp³-hybridized carbons (Fsp3) is 0.474. The molecular formula is C19H26N4O2. The first kappa shape index (κ1) is 17.6. The van der Waals surface area contributed by atoms with Gasteiger partial charge in [-0.25, -0.2) is 0 Å².